The Morgan fingerprint density at radius 1 is 1.12 bits per heavy atom. The van der Waals surface area contributed by atoms with Crippen molar-refractivity contribution in [3.8, 4) is 0 Å². The van der Waals surface area contributed by atoms with Gasteiger partial charge in [-0.3, -0.25) is 0 Å². The third-order valence-corrected chi connectivity index (χ3v) is 3.75. The number of halogens is 1. The van der Waals surface area contributed by atoms with E-state index in [4.69, 9.17) is 21.1 Å². The molecule has 0 aromatic rings. The average Bonchev–Trinajstić information content (AvgIpc) is 2.31. The Kier molecular flexibility index (Phi) is 4.33. The summed E-state index contributed by atoms with van der Waals surface area (Å²) in [5.74, 6) is 0.581. The van der Waals surface area contributed by atoms with E-state index >= 15 is 0 Å². The molecule has 1 aliphatic heterocycles. The molecule has 1 heterocycles. The summed E-state index contributed by atoms with van der Waals surface area (Å²) in [6, 6.07) is 0. The van der Waals surface area contributed by atoms with E-state index in [2.05, 4.69) is 18.7 Å². The van der Waals surface area contributed by atoms with Gasteiger partial charge in [0.25, 0.3) is 0 Å². The lowest BCUT2D eigenvalue weighted by Crippen LogP contribution is -2.42. The highest BCUT2D eigenvalue weighted by Crippen LogP contribution is 2.38. The van der Waals surface area contributed by atoms with E-state index < -0.39 is 0 Å². The Bertz CT molecular complexity index is 230. The van der Waals surface area contributed by atoms with Gasteiger partial charge in [-0.2, -0.15) is 0 Å². The van der Waals surface area contributed by atoms with E-state index in [1.54, 1.807) is 0 Å². The molecule has 0 spiro atoms. The van der Waals surface area contributed by atoms with Gasteiger partial charge in [0.15, 0.2) is 0 Å². The SMILES string of the molecule is CC(C)CC(NCl)B1OC(C)(C)C(C)(C)O1. The Labute approximate surface area is 104 Å². The molecule has 0 aliphatic carbocycles. The smallest absolute Gasteiger partial charge is 0.402 e. The van der Waals surface area contributed by atoms with Crippen LogP contribution in [0.2, 0.25) is 0 Å². The lowest BCUT2D eigenvalue weighted by atomic mass is 9.75. The normalized spacial score (nSPS) is 25.1. The van der Waals surface area contributed by atoms with Crippen LogP contribution in [-0.4, -0.2) is 24.3 Å². The van der Waals surface area contributed by atoms with Crippen LogP contribution in [0.4, 0.5) is 0 Å². The predicted molar refractivity (Wildman–Crippen MR) is 68.3 cm³/mol. The highest BCUT2D eigenvalue weighted by Gasteiger charge is 2.53. The maximum absolute atomic E-state index is 5.95. The van der Waals surface area contributed by atoms with Crippen molar-refractivity contribution in [2.75, 3.05) is 0 Å². The highest BCUT2D eigenvalue weighted by molar-refractivity contribution is 6.48. The molecule has 1 rings (SSSR count). The second-order valence-corrected chi connectivity index (χ2v) is 6.19. The Balaban J connectivity index is 2.69. The molecule has 0 bridgehead atoms. The van der Waals surface area contributed by atoms with Crippen molar-refractivity contribution in [3.05, 3.63) is 0 Å². The van der Waals surface area contributed by atoms with Gasteiger partial charge < -0.3 is 9.31 Å². The van der Waals surface area contributed by atoms with Gasteiger partial charge in [0, 0.05) is 0 Å². The van der Waals surface area contributed by atoms with Gasteiger partial charge in [0.2, 0.25) is 0 Å². The molecule has 5 heteroatoms. The van der Waals surface area contributed by atoms with Gasteiger partial charge >= 0.3 is 7.12 Å². The van der Waals surface area contributed by atoms with E-state index in [-0.39, 0.29) is 24.3 Å². The van der Waals surface area contributed by atoms with Gasteiger partial charge in [0.1, 0.15) is 0 Å². The lowest BCUT2D eigenvalue weighted by molar-refractivity contribution is 0.00578. The van der Waals surface area contributed by atoms with Gasteiger partial charge in [-0.05, 0) is 51.8 Å². The highest BCUT2D eigenvalue weighted by atomic mass is 35.5. The summed E-state index contributed by atoms with van der Waals surface area (Å²) < 4.78 is 11.9. The first-order valence-electron chi connectivity index (χ1n) is 5.91. The van der Waals surface area contributed by atoms with E-state index in [0.717, 1.165) is 6.42 Å². The van der Waals surface area contributed by atoms with Crippen LogP contribution in [-0.2, 0) is 9.31 Å². The molecule has 0 radical (unpaired) electrons. The Hall–Kier alpha value is 0.235. The Morgan fingerprint density at radius 3 is 1.88 bits per heavy atom. The fourth-order valence-corrected chi connectivity index (χ4v) is 1.96. The van der Waals surface area contributed by atoms with E-state index in [0.29, 0.717) is 5.92 Å². The zero-order valence-corrected chi connectivity index (χ0v) is 11.9. The number of hydrogen-bond acceptors (Lipinski definition) is 3. The first kappa shape index (κ1) is 14.3. The van der Waals surface area contributed by atoms with Crippen molar-refractivity contribution in [2.24, 2.45) is 5.92 Å². The molecule has 1 N–H and O–H groups in total. The topological polar surface area (TPSA) is 30.5 Å². The third-order valence-electron chi connectivity index (χ3n) is 3.47. The minimum absolute atomic E-state index is 0.0303. The number of hydrogen-bond donors (Lipinski definition) is 1. The average molecular weight is 248 g/mol. The summed E-state index contributed by atoms with van der Waals surface area (Å²) >= 11 is 5.77. The van der Waals surface area contributed by atoms with Crippen LogP contribution >= 0.6 is 11.8 Å². The van der Waals surface area contributed by atoms with E-state index in [1.165, 1.54) is 0 Å². The van der Waals surface area contributed by atoms with Crippen molar-refractivity contribution >= 4 is 18.9 Å². The molecular formula is C11H23BClNO2. The van der Waals surface area contributed by atoms with Crippen molar-refractivity contribution in [1.29, 1.82) is 0 Å². The largest absolute Gasteiger partial charge is 0.477 e. The molecule has 0 aromatic carbocycles. The standard InChI is InChI=1S/C11H23BClNO2/c1-8(2)7-9(14-13)12-15-10(3,4)11(5,6)16-12/h8-9,14H,7H2,1-6H3. The minimum Gasteiger partial charge on any atom is -0.402 e. The Morgan fingerprint density at radius 2 is 1.56 bits per heavy atom. The summed E-state index contributed by atoms with van der Waals surface area (Å²) in [6.07, 6.45) is 0.931. The molecule has 1 saturated heterocycles. The molecule has 0 aromatic heterocycles. The summed E-state index contributed by atoms with van der Waals surface area (Å²) in [7, 11) is -0.273. The molecule has 0 saturated carbocycles. The zero-order valence-electron chi connectivity index (χ0n) is 11.1. The van der Waals surface area contributed by atoms with Crippen molar-refractivity contribution < 1.29 is 9.31 Å². The summed E-state index contributed by atoms with van der Waals surface area (Å²) in [4.78, 5) is 2.77. The molecule has 94 valence electrons. The molecular weight excluding hydrogens is 224 g/mol. The van der Waals surface area contributed by atoms with Crippen LogP contribution in [0.25, 0.3) is 0 Å². The van der Waals surface area contributed by atoms with Gasteiger partial charge in [0.05, 0.1) is 17.1 Å². The predicted octanol–water partition coefficient (Wildman–Crippen LogP) is 2.78. The molecule has 1 unspecified atom stereocenters. The van der Waals surface area contributed by atoms with Crippen LogP contribution in [0, 0.1) is 5.92 Å². The van der Waals surface area contributed by atoms with Crippen LogP contribution in [0.15, 0.2) is 0 Å². The van der Waals surface area contributed by atoms with E-state index in [1.807, 2.05) is 27.7 Å². The maximum atomic E-state index is 5.95. The maximum Gasteiger partial charge on any atom is 0.477 e. The summed E-state index contributed by atoms with van der Waals surface area (Å²) in [5, 5.41) is 0. The second kappa shape index (κ2) is 4.85. The fourth-order valence-electron chi connectivity index (χ4n) is 1.77. The van der Waals surface area contributed by atoms with Gasteiger partial charge in [-0.25, -0.2) is 4.84 Å². The molecule has 1 atom stereocenters. The monoisotopic (exact) mass is 247 g/mol. The molecule has 0 amide bonds. The summed E-state index contributed by atoms with van der Waals surface area (Å²) in [5.41, 5.74) is -0.582. The zero-order chi connectivity index (χ0) is 12.6. The third kappa shape index (κ3) is 2.92. The number of rotatable bonds is 4. The number of nitrogens with one attached hydrogen (secondary N) is 1. The molecule has 3 nitrogen and oxygen atoms in total. The minimum atomic E-state index is -0.291. The first-order chi connectivity index (χ1) is 7.19. The first-order valence-corrected chi connectivity index (χ1v) is 6.29. The van der Waals surface area contributed by atoms with Crippen molar-refractivity contribution in [1.82, 2.24) is 4.84 Å². The van der Waals surface area contributed by atoms with E-state index in [9.17, 15) is 0 Å². The van der Waals surface area contributed by atoms with Crippen molar-refractivity contribution in [3.63, 3.8) is 0 Å². The van der Waals surface area contributed by atoms with Crippen molar-refractivity contribution in [2.45, 2.75) is 65.1 Å². The molecule has 1 aliphatic rings. The van der Waals surface area contributed by atoms with Crippen LogP contribution in [0.3, 0.4) is 0 Å². The molecule has 1 fully saturated rings. The second-order valence-electron chi connectivity index (χ2n) is 5.97. The van der Waals surface area contributed by atoms with Gasteiger partial charge in [-0.15, -0.1) is 0 Å². The van der Waals surface area contributed by atoms with Crippen LogP contribution < -0.4 is 4.84 Å². The molecule has 16 heavy (non-hydrogen) atoms. The summed E-state index contributed by atoms with van der Waals surface area (Å²) in [6.45, 7) is 12.5. The van der Waals surface area contributed by atoms with Crippen LogP contribution in [0.1, 0.15) is 48.0 Å². The fraction of sp³-hybridized carbons (Fsp3) is 1.00. The van der Waals surface area contributed by atoms with Gasteiger partial charge in [-0.1, -0.05) is 13.8 Å². The quantitative estimate of drug-likeness (QED) is 0.612. The lowest BCUT2D eigenvalue weighted by Gasteiger charge is -2.32. The van der Waals surface area contributed by atoms with Crippen LogP contribution in [0.5, 0.6) is 0 Å².